The van der Waals surface area contributed by atoms with E-state index in [0.717, 1.165) is 42.5 Å². The highest BCUT2D eigenvalue weighted by atomic mass is 19.4. The minimum Gasteiger partial charge on any atom is -0.472 e. The van der Waals surface area contributed by atoms with Gasteiger partial charge in [-0.3, -0.25) is 4.79 Å². The summed E-state index contributed by atoms with van der Waals surface area (Å²) >= 11 is 0. The molecule has 8 nitrogen and oxygen atoms in total. The number of aliphatic hydroxyl groups excluding tert-OH is 1. The third-order valence-corrected chi connectivity index (χ3v) is 7.20. The fraction of sp³-hybridized carbons (Fsp3) is 0.464. The standard InChI is InChI=1S/C28H33F3N4O4/c1-17-14-35(18(2)16-36)26(37)23-12-20(19-6-4-5-7-19)13-32-25(23)39-24(17)15-34(3)27(38)33-22-10-8-21(9-11-22)28(29,30)31/h6,8-13,17-18,24,36H,4-5,7,14-16H2,1-3H3,(H,33,38)/t17-,18-,24+/m0/s1. The van der Waals surface area contributed by atoms with Crippen molar-refractivity contribution in [3.63, 3.8) is 0 Å². The molecule has 2 N–H and O–H groups in total. The summed E-state index contributed by atoms with van der Waals surface area (Å²) < 4.78 is 44.8. The van der Waals surface area contributed by atoms with Gasteiger partial charge in [-0.2, -0.15) is 13.2 Å². The number of pyridine rings is 1. The number of hydrogen-bond donors (Lipinski definition) is 2. The van der Waals surface area contributed by atoms with Crippen molar-refractivity contribution in [3.05, 3.63) is 59.3 Å². The molecule has 0 saturated heterocycles. The Morgan fingerprint density at radius 2 is 2.03 bits per heavy atom. The third-order valence-electron chi connectivity index (χ3n) is 7.20. The molecule has 11 heteroatoms. The second-order valence-corrected chi connectivity index (χ2v) is 10.2. The van der Waals surface area contributed by atoms with Crippen LogP contribution in [-0.2, 0) is 6.18 Å². The number of benzene rings is 1. The van der Waals surface area contributed by atoms with E-state index in [0.29, 0.717) is 5.56 Å². The molecule has 1 aromatic carbocycles. The third kappa shape index (κ3) is 6.52. The van der Waals surface area contributed by atoms with Gasteiger partial charge in [0.05, 0.1) is 24.8 Å². The zero-order valence-corrected chi connectivity index (χ0v) is 22.2. The van der Waals surface area contributed by atoms with Gasteiger partial charge in [-0.1, -0.05) is 13.0 Å². The lowest BCUT2D eigenvalue weighted by Gasteiger charge is -2.37. The SMILES string of the molecule is C[C@H]1CN([C@@H](C)CO)C(=O)c2cc(C3=CCCC3)cnc2O[C@@H]1CN(C)C(=O)Nc1ccc(C(F)(F)F)cc1. The van der Waals surface area contributed by atoms with E-state index in [2.05, 4.69) is 16.4 Å². The maximum absolute atomic E-state index is 13.6. The summed E-state index contributed by atoms with van der Waals surface area (Å²) in [5.74, 6) is -0.361. The first kappa shape index (κ1) is 28.4. The summed E-state index contributed by atoms with van der Waals surface area (Å²) in [5.41, 5.74) is 1.71. The van der Waals surface area contributed by atoms with Gasteiger partial charge in [-0.25, -0.2) is 9.78 Å². The molecule has 0 radical (unpaired) electrons. The number of hydrogen-bond acceptors (Lipinski definition) is 5. The molecular weight excluding hydrogens is 513 g/mol. The molecule has 39 heavy (non-hydrogen) atoms. The highest BCUT2D eigenvalue weighted by Gasteiger charge is 2.35. The Hall–Kier alpha value is -3.60. The van der Waals surface area contributed by atoms with Gasteiger partial charge in [0.2, 0.25) is 5.88 Å². The van der Waals surface area contributed by atoms with Crippen LogP contribution < -0.4 is 10.1 Å². The molecule has 3 amide bonds. The number of aromatic nitrogens is 1. The van der Waals surface area contributed by atoms with Gasteiger partial charge in [0.1, 0.15) is 11.7 Å². The lowest BCUT2D eigenvalue weighted by atomic mass is 9.99. The van der Waals surface area contributed by atoms with Gasteiger partial charge >= 0.3 is 12.2 Å². The molecule has 0 saturated carbocycles. The van der Waals surface area contributed by atoms with Crippen molar-refractivity contribution in [1.29, 1.82) is 0 Å². The molecule has 2 heterocycles. The molecule has 4 rings (SSSR count). The second kappa shape index (κ2) is 11.6. The van der Waals surface area contributed by atoms with Crippen LogP contribution in [0.25, 0.3) is 5.57 Å². The highest BCUT2D eigenvalue weighted by Crippen LogP contribution is 2.33. The van der Waals surface area contributed by atoms with Crippen molar-refractivity contribution >= 4 is 23.2 Å². The van der Waals surface area contributed by atoms with Crippen molar-refractivity contribution in [2.75, 3.05) is 32.1 Å². The number of likely N-dealkylation sites (N-methyl/N-ethyl adjacent to an activating group) is 1. The predicted octanol–water partition coefficient (Wildman–Crippen LogP) is 5.05. The van der Waals surface area contributed by atoms with E-state index in [4.69, 9.17) is 4.74 Å². The topological polar surface area (TPSA) is 95.0 Å². The van der Waals surface area contributed by atoms with Gasteiger partial charge < -0.3 is 25.0 Å². The Kier molecular flexibility index (Phi) is 8.48. The molecule has 1 aliphatic carbocycles. The van der Waals surface area contributed by atoms with E-state index in [1.807, 2.05) is 6.92 Å². The van der Waals surface area contributed by atoms with Crippen LogP contribution in [0, 0.1) is 5.92 Å². The second-order valence-electron chi connectivity index (χ2n) is 10.2. The minimum atomic E-state index is -4.47. The first-order valence-electron chi connectivity index (χ1n) is 12.9. The molecular formula is C28H33F3N4O4. The molecule has 3 atom stereocenters. The van der Waals surface area contributed by atoms with Crippen LogP contribution in [0.2, 0.25) is 0 Å². The summed E-state index contributed by atoms with van der Waals surface area (Å²) in [7, 11) is 1.55. The van der Waals surface area contributed by atoms with Gasteiger partial charge in [-0.05, 0) is 67.7 Å². The fourth-order valence-electron chi connectivity index (χ4n) is 4.74. The van der Waals surface area contributed by atoms with E-state index in [9.17, 15) is 27.9 Å². The average Bonchev–Trinajstić information content (AvgIpc) is 3.45. The number of nitrogens with zero attached hydrogens (tertiary/aromatic N) is 3. The van der Waals surface area contributed by atoms with E-state index in [1.54, 1.807) is 31.1 Å². The highest BCUT2D eigenvalue weighted by molar-refractivity contribution is 5.97. The maximum atomic E-state index is 13.6. The number of halogens is 3. The first-order chi connectivity index (χ1) is 18.5. The van der Waals surface area contributed by atoms with Crippen molar-refractivity contribution < 1.29 is 32.6 Å². The van der Waals surface area contributed by atoms with Crippen LogP contribution in [-0.4, -0.2) is 70.7 Å². The number of urea groups is 1. The monoisotopic (exact) mass is 546 g/mol. The Bertz CT molecular complexity index is 1230. The van der Waals surface area contributed by atoms with Crippen LogP contribution in [0.3, 0.4) is 0 Å². The number of carbonyl (C=O) groups is 2. The first-order valence-corrected chi connectivity index (χ1v) is 12.9. The van der Waals surface area contributed by atoms with E-state index < -0.39 is 29.9 Å². The molecule has 2 aliphatic rings. The number of fused-ring (bicyclic) bond motifs is 1. The molecule has 2 aromatic rings. The van der Waals surface area contributed by atoms with Crippen molar-refractivity contribution in [3.8, 4) is 5.88 Å². The predicted molar refractivity (Wildman–Crippen MR) is 140 cm³/mol. The number of aliphatic hydroxyl groups is 1. The number of carbonyl (C=O) groups excluding carboxylic acids is 2. The van der Waals surface area contributed by atoms with E-state index >= 15 is 0 Å². The summed E-state index contributed by atoms with van der Waals surface area (Å²) in [5, 5.41) is 12.4. The van der Waals surface area contributed by atoms with Crippen molar-refractivity contribution in [2.45, 2.75) is 51.4 Å². The summed E-state index contributed by atoms with van der Waals surface area (Å²) in [6, 6.07) is 5.01. The Balaban J connectivity index is 1.55. The zero-order chi connectivity index (χ0) is 28.3. The normalized spacial score (nSPS) is 20.3. The van der Waals surface area contributed by atoms with Gasteiger partial charge in [0.25, 0.3) is 5.91 Å². The van der Waals surface area contributed by atoms with E-state index in [1.165, 1.54) is 17.0 Å². The molecule has 0 bridgehead atoms. The molecule has 0 unspecified atom stereocenters. The number of alkyl halides is 3. The number of allylic oxidation sites excluding steroid dienone is 2. The van der Waals surface area contributed by atoms with Crippen LogP contribution in [0.5, 0.6) is 5.88 Å². The molecule has 0 fully saturated rings. The fourth-order valence-corrected chi connectivity index (χ4v) is 4.74. The van der Waals surface area contributed by atoms with Crippen LogP contribution in [0.4, 0.5) is 23.7 Å². The van der Waals surface area contributed by atoms with Crippen LogP contribution in [0.1, 0.15) is 54.6 Å². The zero-order valence-electron chi connectivity index (χ0n) is 22.2. The summed E-state index contributed by atoms with van der Waals surface area (Å²) in [4.78, 5) is 33.9. The summed E-state index contributed by atoms with van der Waals surface area (Å²) in [6.07, 6.45) is 1.74. The number of amides is 3. The van der Waals surface area contributed by atoms with Crippen molar-refractivity contribution in [2.24, 2.45) is 5.92 Å². The molecule has 1 aromatic heterocycles. The Labute approximate surface area is 225 Å². The van der Waals surface area contributed by atoms with E-state index in [-0.39, 0.29) is 43.1 Å². The molecule has 0 spiro atoms. The Morgan fingerprint density at radius 3 is 2.64 bits per heavy atom. The lowest BCUT2D eigenvalue weighted by molar-refractivity contribution is -0.137. The van der Waals surface area contributed by atoms with Crippen LogP contribution >= 0.6 is 0 Å². The number of nitrogens with one attached hydrogen (secondary N) is 1. The quantitative estimate of drug-likeness (QED) is 0.529. The minimum absolute atomic E-state index is 0.122. The summed E-state index contributed by atoms with van der Waals surface area (Å²) in [6.45, 7) is 3.84. The lowest BCUT2D eigenvalue weighted by Crippen LogP contribution is -2.50. The maximum Gasteiger partial charge on any atom is 0.416 e. The molecule has 210 valence electrons. The van der Waals surface area contributed by atoms with Crippen LogP contribution in [0.15, 0.2) is 42.6 Å². The number of rotatable bonds is 6. The Morgan fingerprint density at radius 1 is 1.31 bits per heavy atom. The number of anilines is 1. The molecule has 1 aliphatic heterocycles. The van der Waals surface area contributed by atoms with Gasteiger partial charge in [0.15, 0.2) is 0 Å². The number of ether oxygens (including phenoxy) is 1. The van der Waals surface area contributed by atoms with Crippen molar-refractivity contribution in [1.82, 2.24) is 14.8 Å². The van der Waals surface area contributed by atoms with Gasteiger partial charge in [0, 0.05) is 31.4 Å². The largest absolute Gasteiger partial charge is 0.472 e. The van der Waals surface area contributed by atoms with Gasteiger partial charge in [-0.15, -0.1) is 0 Å². The smallest absolute Gasteiger partial charge is 0.416 e. The average molecular weight is 547 g/mol.